The van der Waals surface area contributed by atoms with E-state index in [9.17, 15) is 8.42 Å². The fraction of sp³-hybridized carbons (Fsp3) is 0.571. The largest absolute Gasteiger partial charge is 0.379 e. The summed E-state index contributed by atoms with van der Waals surface area (Å²) < 4.78 is 30.4. The van der Waals surface area contributed by atoms with Crippen LogP contribution in [0.4, 0.5) is 11.4 Å². The third-order valence-corrected chi connectivity index (χ3v) is 4.06. The van der Waals surface area contributed by atoms with Crippen LogP contribution in [0.1, 0.15) is 34.1 Å². The van der Waals surface area contributed by atoms with E-state index in [-0.39, 0.29) is 17.2 Å². The second-order valence-electron chi connectivity index (χ2n) is 6.59. The first-order valence-corrected chi connectivity index (χ1v) is 8.39. The second-order valence-corrected chi connectivity index (χ2v) is 7.89. The first-order chi connectivity index (χ1) is 9.47. The van der Waals surface area contributed by atoms with Crippen molar-refractivity contribution in [2.24, 2.45) is 5.14 Å². The molecule has 1 fully saturated rings. The summed E-state index contributed by atoms with van der Waals surface area (Å²) in [5, 5.41) is 8.39. The van der Waals surface area contributed by atoms with Gasteiger partial charge in [0.05, 0.1) is 22.9 Å². The Hall–Kier alpha value is -1.31. The van der Waals surface area contributed by atoms with Gasteiger partial charge < -0.3 is 10.1 Å². The van der Waals surface area contributed by atoms with Gasteiger partial charge in [-0.05, 0) is 52.3 Å². The summed E-state index contributed by atoms with van der Waals surface area (Å²) in [5.41, 5.74) is 0.770. The normalized spacial score (nSPS) is 23.8. The topological polar surface area (TPSA) is 93.5 Å². The summed E-state index contributed by atoms with van der Waals surface area (Å²) in [7, 11) is -3.77. The Morgan fingerprint density at radius 1 is 1.24 bits per heavy atom. The molecule has 1 saturated heterocycles. The van der Waals surface area contributed by atoms with Crippen molar-refractivity contribution in [1.82, 2.24) is 0 Å². The number of hydrogen-bond acceptors (Lipinski definition) is 4. The lowest BCUT2D eigenvalue weighted by atomic mass is 9.94. The van der Waals surface area contributed by atoms with Crippen LogP contribution in [0, 0.1) is 0 Å². The Morgan fingerprint density at radius 2 is 1.86 bits per heavy atom. The summed E-state index contributed by atoms with van der Waals surface area (Å²) >= 11 is 0. The summed E-state index contributed by atoms with van der Waals surface area (Å²) in [6.45, 7) is 8.22. The Morgan fingerprint density at radius 3 is 2.38 bits per heavy atom. The van der Waals surface area contributed by atoms with Crippen molar-refractivity contribution in [3.05, 3.63) is 24.3 Å². The van der Waals surface area contributed by atoms with Crippen LogP contribution in [0.25, 0.3) is 0 Å². The zero-order valence-corrected chi connectivity index (χ0v) is 13.6. The van der Waals surface area contributed by atoms with Gasteiger partial charge in [-0.3, -0.25) is 4.72 Å². The summed E-state index contributed by atoms with van der Waals surface area (Å²) in [4.78, 5) is 0. The molecule has 0 spiro atoms. The highest BCUT2D eigenvalue weighted by molar-refractivity contribution is 7.90. The van der Waals surface area contributed by atoms with Crippen LogP contribution in [0.15, 0.2) is 24.3 Å². The molecule has 1 aliphatic rings. The van der Waals surface area contributed by atoms with Crippen molar-refractivity contribution in [2.75, 3.05) is 10.0 Å². The number of nitrogens with two attached hydrogens (primary N) is 1. The van der Waals surface area contributed by atoms with Crippen LogP contribution in [-0.4, -0.2) is 25.7 Å². The highest BCUT2D eigenvalue weighted by Crippen LogP contribution is 2.39. The molecule has 7 heteroatoms. The maximum absolute atomic E-state index is 11.1. The minimum absolute atomic E-state index is 0.136. The SMILES string of the molecule is CC1(C)CC(Nc2cccc(NS(N)(=O)=O)c2)C(C)(C)O1. The predicted octanol–water partition coefficient (Wildman–Crippen LogP) is 2.06. The average Bonchev–Trinajstić information content (AvgIpc) is 2.44. The maximum atomic E-state index is 11.1. The molecule has 4 N–H and O–H groups in total. The highest BCUT2D eigenvalue weighted by atomic mass is 32.2. The van der Waals surface area contributed by atoms with E-state index in [2.05, 4.69) is 23.9 Å². The molecule has 1 atom stereocenters. The number of benzene rings is 1. The molecule has 1 heterocycles. The van der Waals surface area contributed by atoms with Gasteiger partial charge >= 0.3 is 0 Å². The van der Waals surface area contributed by atoms with Crippen molar-refractivity contribution in [2.45, 2.75) is 51.4 Å². The number of ether oxygens (including phenoxy) is 1. The van der Waals surface area contributed by atoms with Crippen molar-refractivity contribution >= 4 is 21.6 Å². The quantitative estimate of drug-likeness (QED) is 0.793. The summed E-state index contributed by atoms with van der Waals surface area (Å²) in [6, 6.07) is 7.15. The zero-order valence-electron chi connectivity index (χ0n) is 12.8. The minimum atomic E-state index is -3.77. The van der Waals surface area contributed by atoms with Gasteiger partial charge in [0, 0.05) is 5.69 Å². The molecular formula is C14H23N3O3S. The Labute approximate surface area is 126 Å². The first-order valence-electron chi connectivity index (χ1n) is 6.84. The summed E-state index contributed by atoms with van der Waals surface area (Å²) in [5.74, 6) is 0. The Kier molecular flexibility index (Phi) is 3.94. The highest BCUT2D eigenvalue weighted by Gasteiger charge is 2.45. The van der Waals surface area contributed by atoms with E-state index in [4.69, 9.17) is 9.88 Å². The molecule has 2 rings (SSSR count). The van der Waals surface area contributed by atoms with Gasteiger partial charge in [-0.1, -0.05) is 6.07 Å². The summed E-state index contributed by atoms with van der Waals surface area (Å²) in [6.07, 6.45) is 0.868. The van der Waals surface area contributed by atoms with E-state index in [1.54, 1.807) is 18.2 Å². The van der Waals surface area contributed by atoms with Crippen LogP contribution in [-0.2, 0) is 14.9 Å². The molecule has 21 heavy (non-hydrogen) atoms. The zero-order chi connectivity index (χ0) is 15.9. The van der Waals surface area contributed by atoms with E-state index in [0.29, 0.717) is 5.69 Å². The molecule has 0 radical (unpaired) electrons. The fourth-order valence-corrected chi connectivity index (χ4v) is 3.28. The molecule has 6 nitrogen and oxygen atoms in total. The van der Waals surface area contributed by atoms with Gasteiger partial charge in [0.2, 0.25) is 0 Å². The van der Waals surface area contributed by atoms with Crippen molar-refractivity contribution < 1.29 is 13.2 Å². The lowest BCUT2D eigenvalue weighted by Crippen LogP contribution is -2.38. The average molecular weight is 313 g/mol. The van der Waals surface area contributed by atoms with Crippen LogP contribution in [0.5, 0.6) is 0 Å². The molecular weight excluding hydrogens is 290 g/mol. The van der Waals surface area contributed by atoms with Crippen molar-refractivity contribution in [1.29, 1.82) is 0 Å². The third-order valence-electron chi connectivity index (χ3n) is 3.54. The van der Waals surface area contributed by atoms with E-state index in [1.165, 1.54) is 0 Å². The minimum Gasteiger partial charge on any atom is -0.379 e. The molecule has 1 aromatic carbocycles. The van der Waals surface area contributed by atoms with E-state index in [1.807, 2.05) is 19.9 Å². The molecule has 0 aliphatic carbocycles. The molecule has 0 aromatic heterocycles. The van der Waals surface area contributed by atoms with Gasteiger partial charge in [0.15, 0.2) is 0 Å². The monoisotopic (exact) mass is 313 g/mol. The number of hydrogen-bond donors (Lipinski definition) is 3. The smallest absolute Gasteiger partial charge is 0.296 e. The first kappa shape index (κ1) is 16.1. The fourth-order valence-electron chi connectivity index (χ4n) is 2.83. The maximum Gasteiger partial charge on any atom is 0.296 e. The predicted molar refractivity (Wildman–Crippen MR) is 84.4 cm³/mol. The molecule has 1 aromatic rings. The van der Waals surface area contributed by atoms with Crippen LogP contribution in [0.3, 0.4) is 0 Å². The number of nitrogens with one attached hydrogen (secondary N) is 2. The van der Waals surface area contributed by atoms with Crippen molar-refractivity contribution in [3.8, 4) is 0 Å². The van der Waals surface area contributed by atoms with E-state index < -0.39 is 10.2 Å². The van der Waals surface area contributed by atoms with Crippen LogP contribution < -0.4 is 15.2 Å². The third kappa shape index (κ3) is 4.33. The van der Waals surface area contributed by atoms with Gasteiger partial charge in [-0.2, -0.15) is 8.42 Å². The van der Waals surface area contributed by atoms with E-state index in [0.717, 1.165) is 12.1 Å². The van der Waals surface area contributed by atoms with Gasteiger partial charge in [0.25, 0.3) is 10.2 Å². The van der Waals surface area contributed by atoms with Crippen LogP contribution >= 0.6 is 0 Å². The van der Waals surface area contributed by atoms with E-state index >= 15 is 0 Å². The van der Waals surface area contributed by atoms with Gasteiger partial charge in [0.1, 0.15) is 0 Å². The number of rotatable bonds is 4. The lowest BCUT2D eigenvalue weighted by molar-refractivity contribution is -0.0662. The van der Waals surface area contributed by atoms with Gasteiger partial charge in [-0.15, -0.1) is 0 Å². The van der Waals surface area contributed by atoms with Gasteiger partial charge in [-0.25, -0.2) is 5.14 Å². The second kappa shape index (κ2) is 5.15. The standard InChI is InChI=1S/C14H23N3O3S/c1-13(2)9-12(14(3,4)20-13)16-10-6-5-7-11(8-10)17-21(15,18)19/h5-8,12,16-17H,9H2,1-4H3,(H2,15,18,19). The molecule has 0 amide bonds. The lowest BCUT2D eigenvalue weighted by Gasteiger charge is -2.28. The molecule has 1 aliphatic heterocycles. The molecule has 118 valence electrons. The number of anilines is 2. The molecule has 0 saturated carbocycles. The molecule has 1 unspecified atom stereocenters. The Balaban J connectivity index is 2.15. The Bertz CT molecular complexity index is 626. The molecule has 0 bridgehead atoms. The van der Waals surface area contributed by atoms with Crippen LogP contribution in [0.2, 0.25) is 0 Å². The van der Waals surface area contributed by atoms with Crippen molar-refractivity contribution in [3.63, 3.8) is 0 Å².